The van der Waals surface area contributed by atoms with Crippen molar-refractivity contribution in [1.82, 2.24) is 10.5 Å². The Balaban J connectivity index is 2.04. The quantitative estimate of drug-likeness (QED) is 0.786. The predicted octanol–water partition coefficient (Wildman–Crippen LogP) is 1.33. The van der Waals surface area contributed by atoms with Crippen molar-refractivity contribution in [2.45, 2.75) is 6.54 Å². The molecular weight excluding hydrogens is 225 g/mol. The Labute approximate surface area is 96.4 Å². The average molecular weight is 235 g/mol. The smallest absolute Gasteiger partial charge is 0.251 e. The van der Waals surface area contributed by atoms with E-state index in [9.17, 15) is 9.18 Å². The molecule has 0 aliphatic carbocycles. The highest BCUT2D eigenvalue weighted by Crippen LogP contribution is 2.10. The molecule has 0 radical (unpaired) electrons. The molecule has 1 aromatic carbocycles. The maximum Gasteiger partial charge on any atom is 0.251 e. The van der Waals surface area contributed by atoms with Crippen molar-refractivity contribution in [2.24, 2.45) is 0 Å². The largest absolute Gasteiger partial charge is 0.399 e. The Kier molecular flexibility index (Phi) is 3.04. The van der Waals surface area contributed by atoms with E-state index in [1.54, 1.807) is 6.07 Å². The first-order chi connectivity index (χ1) is 8.15. The first-order valence-corrected chi connectivity index (χ1v) is 4.89. The van der Waals surface area contributed by atoms with Gasteiger partial charge in [-0.05, 0) is 18.2 Å². The predicted molar refractivity (Wildman–Crippen MR) is 58.5 cm³/mol. The van der Waals surface area contributed by atoms with Crippen LogP contribution in [0.4, 0.5) is 10.1 Å². The van der Waals surface area contributed by atoms with E-state index in [2.05, 4.69) is 10.5 Å². The van der Waals surface area contributed by atoms with Crippen molar-refractivity contribution in [2.75, 3.05) is 5.73 Å². The molecule has 0 spiro atoms. The third-order valence-corrected chi connectivity index (χ3v) is 2.10. The number of benzene rings is 1. The molecule has 2 aromatic rings. The number of nitrogens with zero attached hydrogens (tertiary/aromatic N) is 1. The zero-order valence-corrected chi connectivity index (χ0v) is 8.81. The van der Waals surface area contributed by atoms with E-state index in [0.717, 1.165) is 12.1 Å². The van der Waals surface area contributed by atoms with Crippen LogP contribution in [0, 0.1) is 5.82 Å². The lowest BCUT2D eigenvalue weighted by Crippen LogP contribution is -2.22. The number of halogens is 1. The molecule has 0 fully saturated rings. The second-order valence-corrected chi connectivity index (χ2v) is 3.43. The number of hydrogen-bond donors (Lipinski definition) is 2. The van der Waals surface area contributed by atoms with E-state index < -0.39 is 11.7 Å². The number of nitrogens with one attached hydrogen (secondary N) is 1. The van der Waals surface area contributed by atoms with Gasteiger partial charge in [-0.25, -0.2) is 4.39 Å². The van der Waals surface area contributed by atoms with Crippen LogP contribution in [-0.4, -0.2) is 11.1 Å². The number of amides is 1. The fraction of sp³-hybridized carbons (Fsp3) is 0.0909. The van der Waals surface area contributed by atoms with Gasteiger partial charge in [0.25, 0.3) is 5.91 Å². The summed E-state index contributed by atoms with van der Waals surface area (Å²) in [5.41, 5.74) is 5.81. The van der Waals surface area contributed by atoms with Crippen LogP contribution < -0.4 is 11.1 Å². The van der Waals surface area contributed by atoms with Gasteiger partial charge in [0.05, 0.1) is 12.7 Å². The first-order valence-electron chi connectivity index (χ1n) is 4.89. The Morgan fingerprint density at radius 3 is 2.94 bits per heavy atom. The molecule has 0 aliphatic heterocycles. The van der Waals surface area contributed by atoms with Gasteiger partial charge >= 0.3 is 0 Å². The average Bonchev–Trinajstić information content (AvgIpc) is 2.77. The Morgan fingerprint density at radius 2 is 2.29 bits per heavy atom. The molecular formula is C11H10FN3O2. The lowest BCUT2D eigenvalue weighted by atomic mass is 10.2. The Bertz CT molecular complexity index is 505. The van der Waals surface area contributed by atoms with Gasteiger partial charge in [-0.15, -0.1) is 0 Å². The van der Waals surface area contributed by atoms with Crippen LogP contribution in [0.15, 0.2) is 35.0 Å². The molecule has 1 aromatic heterocycles. The lowest BCUT2D eigenvalue weighted by Gasteiger charge is -2.04. The van der Waals surface area contributed by atoms with Crippen LogP contribution in [0.1, 0.15) is 16.1 Å². The third-order valence-electron chi connectivity index (χ3n) is 2.10. The normalized spacial score (nSPS) is 10.2. The molecule has 1 amide bonds. The molecule has 0 unspecified atom stereocenters. The van der Waals surface area contributed by atoms with Gasteiger partial charge in [0.1, 0.15) is 5.82 Å². The summed E-state index contributed by atoms with van der Waals surface area (Å²) < 4.78 is 17.8. The highest BCUT2D eigenvalue weighted by Gasteiger charge is 2.08. The molecule has 1 heterocycles. The summed E-state index contributed by atoms with van der Waals surface area (Å²) in [7, 11) is 0. The van der Waals surface area contributed by atoms with E-state index in [1.807, 2.05) is 0 Å². The molecule has 0 saturated heterocycles. The van der Waals surface area contributed by atoms with E-state index in [0.29, 0.717) is 5.76 Å². The van der Waals surface area contributed by atoms with E-state index in [4.69, 9.17) is 10.3 Å². The van der Waals surface area contributed by atoms with Crippen molar-refractivity contribution in [1.29, 1.82) is 0 Å². The molecule has 6 heteroatoms. The highest BCUT2D eigenvalue weighted by molar-refractivity contribution is 5.94. The molecule has 2 rings (SSSR count). The zero-order chi connectivity index (χ0) is 12.3. The monoisotopic (exact) mass is 235 g/mol. The Morgan fingerprint density at radius 1 is 1.47 bits per heavy atom. The number of rotatable bonds is 3. The summed E-state index contributed by atoms with van der Waals surface area (Å²) in [6, 6.07) is 5.29. The summed E-state index contributed by atoms with van der Waals surface area (Å²) in [6.07, 6.45) is 1.47. The van der Waals surface area contributed by atoms with Gasteiger partial charge in [0.2, 0.25) is 0 Å². The number of hydrogen-bond acceptors (Lipinski definition) is 4. The summed E-state index contributed by atoms with van der Waals surface area (Å²) in [5.74, 6) is -0.454. The van der Waals surface area contributed by atoms with Gasteiger partial charge in [-0.3, -0.25) is 4.79 Å². The maximum absolute atomic E-state index is 13.0. The molecule has 0 atom stereocenters. The molecule has 0 aliphatic rings. The lowest BCUT2D eigenvalue weighted by molar-refractivity contribution is 0.0946. The summed E-state index contributed by atoms with van der Waals surface area (Å²) in [5, 5.41) is 6.06. The van der Waals surface area contributed by atoms with Crippen molar-refractivity contribution < 1.29 is 13.7 Å². The van der Waals surface area contributed by atoms with E-state index in [-0.39, 0.29) is 17.8 Å². The van der Waals surface area contributed by atoms with E-state index >= 15 is 0 Å². The fourth-order valence-corrected chi connectivity index (χ4v) is 1.35. The minimum absolute atomic E-state index is 0.169. The van der Waals surface area contributed by atoms with Crippen molar-refractivity contribution in [3.8, 4) is 0 Å². The number of carbonyl (C=O) groups is 1. The minimum atomic E-state index is -0.546. The topological polar surface area (TPSA) is 81.2 Å². The molecule has 0 bridgehead atoms. The van der Waals surface area contributed by atoms with Crippen LogP contribution in [0.25, 0.3) is 0 Å². The summed E-state index contributed by atoms with van der Waals surface area (Å²) in [4.78, 5) is 11.6. The van der Waals surface area contributed by atoms with Gasteiger partial charge in [0.15, 0.2) is 5.76 Å². The van der Waals surface area contributed by atoms with Crippen LogP contribution in [0.3, 0.4) is 0 Å². The van der Waals surface area contributed by atoms with Crippen LogP contribution >= 0.6 is 0 Å². The van der Waals surface area contributed by atoms with Crippen molar-refractivity contribution >= 4 is 11.6 Å². The summed E-state index contributed by atoms with van der Waals surface area (Å²) in [6.45, 7) is 0.190. The molecule has 17 heavy (non-hydrogen) atoms. The van der Waals surface area contributed by atoms with Gasteiger partial charge in [0, 0.05) is 17.3 Å². The van der Waals surface area contributed by atoms with E-state index in [1.165, 1.54) is 12.3 Å². The zero-order valence-electron chi connectivity index (χ0n) is 8.81. The van der Waals surface area contributed by atoms with Crippen molar-refractivity contribution in [3.05, 3.63) is 47.6 Å². The first kappa shape index (κ1) is 11.1. The van der Waals surface area contributed by atoms with Crippen LogP contribution in [0.2, 0.25) is 0 Å². The molecule has 0 saturated carbocycles. The standard InChI is InChI=1S/C11H10FN3O2/c12-8-3-7(4-9(13)5-8)11(16)14-6-10-1-2-15-17-10/h1-5H,6,13H2,(H,14,16). The highest BCUT2D eigenvalue weighted by atomic mass is 19.1. The van der Waals surface area contributed by atoms with Crippen LogP contribution in [-0.2, 0) is 6.54 Å². The fourth-order valence-electron chi connectivity index (χ4n) is 1.35. The minimum Gasteiger partial charge on any atom is -0.399 e. The van der Waals surface area contributed by atoms with Gasteiger partial charge in [-0.2, -0.15) is 0 Å². The molecule has 3 N–H and O–H groups in total. The third kappa shape index (κ3) is 2.81. The molecule has 5 nitrogen and oxygen atoms in total. The SMILES string of the molecule is Nc1cc(F)cc(C(=O)NCc2ccno2)c1. The van der Waals surface area contributed by atoms with Gasteiger partial charge < -0.3 is 15.6 Å². The van der Waals surface area contributed by atoms with Crippen molar-refractivity contribution in [3.63, 3.8) is 0 Å². The van der Waals surface area contributed by atoms with Gasteiger partial charge in [-0.1, -0.05) is 5.16 Å². The maximum atomic E-state index is 13.0. The number of aromatic nitrogens is 1. The number of nitrogens with two attached hydrogens (primary N) is 1. The number of nitrogen functional groups attached to an aromatic ring is 1. The second-order valence-electron chi connectivity index (χ2n) is 3.43. The number of anilines is 1. The number of carbonyl (C=O) groups excluding carboxylic acids is 1. The Hall–Kier alpha value is -2.37. The molecule has 88 valence electrons. The summed E-state index contributed by atoms with van der Waals surface area (Å²) >= 11 is 0. The second kappa shape index (κ2) is 4.65. The van der Waals surface area contributed by atoms with Crippen LogP contribution in [0.5, 0.6) is 0 Å².